The molecule has 0 aliphatic rings. The summed E-state index contributed by atoms with van der Waals surface area (Å²) in [5.74, 6) is 0. The van der Waals surface area contributed by atoms with Crippen LogP contribution in [0.2, 0.25) is 0 Å². The molecule has 0 fully saturated rings. The lowest BCUT2D eigenvalue weighted by Gasteiger charge is -1.74. The first-order valence-electron chi connectivity index (χ1n) is 2.06. The van der Waals surface area contributed by atoms with E-state index in [1.165, 1.54) is 0 Å². The highest BCUT2D eigenvalue weighted by Gasteiger charge is 1.87. The molecule has 3 heteroatoms. The van der Waals surface area contributed by atoms with Crippen molar-refractivity contribution in [3.63, 3.8) is 0 Å². The molecule has 0 bridgehead atoms. The number of rotatable bonds is 1. The van der Waals surface area contributed by atoms with Crippen molar-refractivity contribution in [1.82, 2.24) is 0 Å². The lowest BCUT2D eigenvalue weighted by Crippen LogP contribution is -2.05. The van der Waals surface area contributed by atoms with Gasteiger partial charge in [-0.05, 0) is 10.2 Å². The van der Waals surface area contributed by atoms with E-state index < -0.39 is 0 Å². The summed E-state index contributed by atoms with van der Waals surface area (Å²) in [5, 5.41) is 10.4. The molecule has 36 valence electrons. The molecule has 0 amide bonds. The molecule has 0 aliphatic carbocycles. The van der Waals surface area contributed by atoms with Gasteiger partial charge >= 0.3 is 7.48 Å². The molecule has 1 N–H and O–H groups in total. The Morgan fingerprint density at radius 1 is 1.71 bits per heavy atom. The van der Waals surface area contributed by atoms with Crippen LogP contribution in [0.1, 0.15) is 0 Å². The van der Waals surface area contributed by atoms with Gasteiger partial charge in [-0.2, -0.15) is 11.3 Å². The van der Waals surface area contributed by atoms with E-state index >= 15 is 0 Å². The van der Waals surface area contributed by atoms with Crippen molar-refractivity contribution in [1.29, 1.82) is 0 Å². The Labute approximate surface area is 46.9 Å². The summed E-state index contributed by atoms with van der Waals surface area (Å²) in [5.41, 5.74) is 0. The fourth-order valence-electron chi connectivity index (χ4n) is 0.403. The highest BCUT2D eigenvalue weighted by atomic mass is 32.1. The van der Waals surface area contributed by atoms with E-state index in [0.29, 0.717) is 0 Å². The van der Waals surface area contributed by atoms with Gasteiger partial charge in [-0.1, -0.05) is 12.1 Å². The van der Waals surface area contributed by atoms with Crippen molar-refractivity contribution in [3.05, 3.63) is 17.5 Å². The van der Waals surface area contributed by atoms with Crippen LogP contribution >= 0.6 is 11.3 Å². The zero-order valence-electron chi connectivity index (χ0n) is 3.79. The van der Waals surface area contributed by atoms with Crippen molar-refractivity contribution in [2.45, 2.75) is 0 Å². The fraction of sp³-hybridized carbons (Fsp3) is 0. The lowest BCUT2D eigenvalue weighted by atomic mass is 10.0. The van der Waals surface area contributed by atoms with Crippen LogP contribution in [0.25, 0.3) is 0 Å². The second kappa shape index (κ2) is 2.14. The Balaban J connectivity index is 2.76. The predicted molar refractivity (Wildman–Crippen MR) is 33.3 cm³/mol. The van der Waals surface area contributed by atoms with Crippen LogP contribution in [0.5, 0.6) is 0 Å². The van der Waals surface area contributed by atoms with Gasteiger partial charge in [0.05, 0.1) is 0 Å². The fourth-order valence-corrected chi connectivity index (χ4v) is 0.966. The quantitative estimate of drug-likeness (QED) is 0.495. The Morgan fingerprint density at radius 3 is 2.86 bits per heavy atom. The molecule has 0 saturated heterocycles. The third-order valence-corrected chi connectivity index (χ3v) is 1.60. The van der Waals surface area contributed by atoms with Crippen LogP contribution in [0, 0.1) is 0 Å². The topological polar surface area (TPSA) is 20.2 Å². The Morgan fingerprint density at radius 2 is 2.57 bits per heavy atom. The first-order chi connectivity index (χ1) is 3.43. The van der Waals surface area contributed by atoms with Gasteiger partial charge in [-0.25, -0.2) is 0 Å². The molecule has 0 radical (unpaired) electrons. The maximum atomic E-state index is 8.44. The molecule has 1 nitrogen and oxygen atoms in total. The van der Waals surface area contributed by atoms with Crippen LogP contribution < -0.4 is 4.78 Å². The maximum absolute atomic E-state index is 8.44. The third kappa shape index (κ3) is 1.04. The van der Waals surface area contributed by atoms with Gasteiger partial charge in [0.1, 0.15) is 0 Å². The molecular weight excluding hydrogens is 107 g/mol. The van der Waals surface area contributed by atoms with Gasteiger partial charge < -0.3 is 5.02 Å². The smallest absolute Gasteiger partial charge is 0.315 e. The third-order valence-electron chi connectivity index (χ3n) is 0.736. The standard InChI is InChI=1S/C4H5BOS/c6-5-4-2-1-3-7-4/h1-3,5-6H. The Hall–Kier alpha value is -0.275. The lowest BCUT2D eigenvalue weighted by molar-refractivity contribution is 0.616. The minimum Gasteiger partial charge on any atom is -0.449 e. The van der Waals surface area contributed by atoms with Gasteiger partial charge in [0.2, 0.25) is 0 Å². The highest BCUT2D eigenvalue weighted by molar-refractivity contribution is 7.19. The van der Waals surface area contributed by atoms with E-state index in [0.717, 1.165) is 4.78 Å². The monoisotopic (exact) mass is 112 g/mol. The van der Waals surface area contributed by atoms with E-state index in [9.17, 15) is 0 Å². The molecular formula is C4H5BOS. The molecule has 0 atom stereocenters. The largest absolute Gasteiger partial charge is 0.449 e. The van der Waals surface area contributed by atoms with Gasteiger partial charge in [-0.3, -0.25) is 0 Å². The van der Waals surface area contributed by atoms with Crippen molar-refractivity contribution in [2.75, 3.05) is 0 Å². The summed E-state index contributed by atoms with van der Waals surface area (Å²) in [6, 6.07) is 3.83. The first kappa shape index (κ1) is 4.87. The van der Waals surface area contributed by atoms with Crippen LogP contribution in [-0.4, -0.2) is 12.5 Å². The zero-order valence-corrected chi connectivity index (χ0v) is 4.61. The highest BCUT2D eigenvalue weighted by Crippen LogP contribution is 1.89. The van der Waals surface area contributed by atoms with Crippen molar-refractivity contribution in [2.24, 2.45) is 0 Å². The summed E-state index contributed by atoms with van der Waals surface area (Å²) >= 11 is 1.57. The van der Waals surface area contributed by atoms with Gasteiger partial charge in [0, 0.05) is 0 Å². The average Bonchev–Trinajstić information content (AvgIpc) is 2.14. The Kier molecular flexibility index (Phi) is 1.49. The molecule has 0 saturated carbocycles. The van der Waals surface area contributed by atoms with Crippen molar-refractivity contribution < 1.29 is 5.02 Å². The molecule has 1 aromatic heterocycles. The molecule has 7 heavy (non-hydrogen) atoms. The minimum atomic E-state index is 0.178. The summed E-state index contributed by atoms with van der Waals surface area (Å²) in [6.45, 7) is 0. The summed E-state index contributed by atoms with van der Waals surface area (Å²) < 4.78 is 1.03. The zero-order chi connectivity index (χ0) is 5.11. The summed E-state index contributed by atoms with van der Waals surface area (Å²) in [7, 11) is 0.178. The minimum absolute atomic E-state index is 0.178. The van der Waals surface area contributed by atoms with Crippen LogP contribution in [0.4, 0.5) is 0 Å². The number of thiophene rings is 1. The van der Waals surface area contributed by atoms with Crippen LogP contribution in [0.3, 0.4) is 0 Å². The second-order valence-electron chi connectivity index (χ2n) is 1.24. The van der Waals surface area contributed by atoms with Crippen molar-refractivity contribution in [3.8, 4) is 0 Å². The SMILES string of the molecule is OBc1cccs1. The molecule has 0 unspecified atom stereocenters. The molecule has 0 aliphatic heterocycles. The van der Waals surface area contributed by atoms with E-state index in [1.54, 1.807) is 11.3 Å². The van der Waals surface area contributed by atoms with Crippen LogP contribution in [0.15, 0.2) is 17.5 Å². The molecule has 0 aromatic carbocycles. The molecule has 1 heterocycles. The van der Waals surface area contributed by atoms with Crippen LogP contribution in [-0.2, 0) is 0 Å². The van der Waals surface area contributed by atoms with E-state index in [1.807, 2.05) is 17.5 Å². The summed E-state index contributed by atoms with van der Waals surface area (Å²) in [6.07, 6.45) is 0. The van der Waals surface area contributed by atoms with E-state index in [4.69, 9.17) is 5.02 Å². The van der Waals surface area contributed by atoms with Gasteiger partial charge in [-0.15, -0.1) is 0 Å². The molecule has 0 spiro atoms. The molecule has 1 aromatic rings. The number of hydrogen-bond acceptors (Lipinski definition) is 2. The van der Waals surface area contributed by atoms with Gasteiger partial charge in [0.15, 0.2) is 0 Å². The van der Waals surface area contributed by atoms with Gasteiger partial charge in [0.25, 0.3) is 0 Å². The number of hydrogen-bond donors (Lipinski definition) is 1. The molecule has 1 rings (SSSR count). The average molecular weight is 112 g/mol. The van der Waals surface area contributed by atoms with Crippen molar-refractivity contribution >= 4 is 23.6 Å². The predicted octanol–water partition coefficient (Wildman–Crippen LogP) is -0.283. The maximum Gasteiger partial charge on any atom is 0.315 e. The second-order valence-corrected chi connectivity index (χ2v) is 2.27. The summed E-state index contributed by atoms with van der Waals surface area (Å²) in [4.78, 5) is 0. The van der Waals surface area contributed by atoms with E-state index in [2.05, 4.69) is 0 Å². The first-order valence-corrected chi connectivity index (χ1v) is 2.94. The normalized spacial score (nSPS) is 8.71. The van der Waals surface area contributed by atoms with E-state index in [-0.39, 0.29) is 7.48 Å². The Bertz CT molecular complexity index is 126.